The van der Waals surface area contributed by atoms with E-state index in [1.807, 2.05) is 0 Å². The third-order valence-corrected chi connectivity index (χ3v) is 4.75. The molecule has 0 aromatic heterocycles. The predicted octanol–water partition coefficient (Wildman–Crippen LogP) is 2.90. The van der Waals surface area contributed by atoms with Gasteiger partial charge in [0, 0.05) is 11.3 Å². The van der Waals surface area contributed by atoms with Crippen LogP contribution in [0.4, 0.5) is 10.5 Å². The first-order valence-corrected chi connectivity index (χ1v) is 10.0. The zero-order valence-corrected chi connectivity index (χ0v) is 18.1. The quantitative estimate of drug-likeness (QED) is 0.545. The molecule has 2 aromatic rings. The summed E-state index contributed by atoms with van der Waals surface area (Å²) < 4.78 is 15.8. The summed E-state index contributed by atoms with van der Waals surface area (Å²) in [6, 6.07) is 12.6. The second-order valence-corrected chi connectivity index (χ2v) is 6.86. The number of esters is 1. The molecule has 1 aliphatic rings. The standard InChI is InChI=1S/C23H25N3O6/c1-4-31-19(27)13-32-17-11-7-5-9-15(17)21-20(14(2)24-23(29)26-21)22(28)25-16-10-6-8-12-18(16)30-3/h5-12,21H,4,13H2,1-3H3,(H,25,28)(H2,24,26,29)/t21-/m0/s1. The predicted molar refractivity (Wildman–Crippen MR) is 117 cm³/mol. The molecule has 0 unspecified atom stereocenters. The van der Waals surface area contributed by atoms with Crippen molar-refractivity contribution in [1.82, 2.24) is 10.6 Å². The van der Waals surface area contributed by atoms with E-state index in [0.29, 0.717) is 34.0 Å². The maximum atomic E-state index is 13.3. The molecule has 0 saturated heterocycles. The summed E-state index contributed by atoms with van der Waals surface area (Å²) in [5.41, 5.74) is 1.70. The van der Waals surface area contributed by atoms with E-state index in [0.717, 1.165) is 0 Å². The van der Waals surface area contributed by atoms with Gasteiger partial charge in [-0.3, -0.25) is 4.79 Å². The van der Waals surface area contributed by atoms with E-state index in [4.69, 9.17) is 14.2 Å². The molecule has 9 heteroatoms. The summed E-state index contributed by atoms with van der Waals surface area (Å²) in [4.78, 5) is 37.2. The van der Waals surface area contributed by atoms with Gasteiger partial charge in [0.05, 0.1) is 31.0 Å². The number of carbonyl (C=O) groups is 3. The molecule has 0 aliphatic carbocycles. The lowest BCUT2D eigenvalue weighted by Crippen LogP contribution is -2.46. The number of urea groups is 1. The number of hydrogen-bond donors (Lipinski definition) is 3. The molecular weight excluding hydrogens is 414 g/mol. The van der Waals surface area contributed by atoms with Crippen molar-refractivity contribution < 1.29 is 28.6 Å². The summed E-state index contributed by atoms with van der Waals surface area (Å²) in [6.45, 7) is 3.29. The Kier molecular flexibility index (Phi) is 7.33. The minimum Gasteiger partial charge on any atom is -0.495 e. The fourth-order valence-corrected chi connectivity index (χ4v) is 3.36. The molecule has 3 rings (SSSR count). The number of rotatable bonds is 8. The molecule has 0 saturated carbocycles. The monoisotopic (exact) mass is 439 g/mol. The SMILES string of the molecule is CCOC(=O)COc1ccccc1[C@@H]1NC(=O)NC(C)=C1C(=O)Nc1ccccc1OC. The van der Waals surface area contributed by atoms with E-state index in [1.165, 1.54) is 7.11 Å². The highest BCUT2D eigenvalue weighted by Crippen LogP contribution is 2.34. The Balaban J connectivity index is 1.93. The van der Waals surface area contributed by atoms with Crippen molar-refractivity contribution in [2.45, 2.75) is 19.9 Å². The van der Waals surface area contributed by atoms with Crippen LogP contribution < -0.4 is 25.4 Å². The fraction of sp³-hybridized carbons (Fsp3) is 0.261. The Labute approximate surface area is 185 Å². The van der Waals surface area contributed by atoms with Crippen molar-refractivity contribution in [3.63, 3.8) is 0 Å². The molecule has 168 valence electrons. The third kappa shape index (κ3) is 5.18. The zero-order chi connectivity index (χ0) is 23.1. The summed E-state index contributed by atoms with van der Waals surface area (Å²) in [7, 11) is 1.51. The van der Waals surface area contributed by atoms with Crippen molar-refractivity contribution in [3.05, 3.63) is 65.4 Å². The van der Waals surface area contributed by atoms with Crippen molar-refractivity contribution in [2.75, 3.05) is 25.6 Å². The van der Waals surface area contributed by atoms with Gasteiger partial charge in [0.25, 0.3) is 5.91 Å². The number of nitrogens with one attached hydrogen (secondary N) is 3. The van der Waals surface area contributed by atoms with Gasteiger partial charge in [0.2, 0.25) is 0 Å². The van der Waals surface area contributed by atoms with Crippen LogP contribution in [0.2, 0.25) is 0 Å². The Hall–Kier alpha value is -4.01. The van der Waals surface area contributed by atoms with Crippen LogP contribution in [-0.2, 0) is 14.3 Å². The molecule has 32 heavy (non-hydrogen) atoms. The molecule has 9 nitrogen and oxygen atoms in total. The molecule has 0 bridgehead atoms. The molecule has 0 spiro atoms. The van der Waals surface area contributed by atoms with E-state index in [2.05, 4.69) is 16.0 Å². The normalized spacial score (nSPS) is 15.3. The lowest BCUT2D eigenvalue weighted by molar-refractivity contribution is -0.145. The molecule has 1 aliphatic heterocycles. The van der Waals surface area contributed by atoms with E-state index in [1.54, 1.807) is 62.4 Å². The van der Waals surface area contributed by atoms with E-state index < -0.39 is 23.9 Å². The average Bonchev–Trinajstić information content (AvgIpc) is 2.78. The second-order valence-electron chi connectivity index (χ2n) is 6.86. The van der Waals surface area contributed by atoms with Gasteiger partial charge in [-0.25, -0.2) is 9.59 Å². The van der Waals surface area contributed by atoms with Gasteiger partial charge >= 0.3 is 12.0 Å². The van der Waals surface area contributed by atoms with Gasteiger partial charge in [-0.05, 0) is 32.0 Å². The topological polar surface area (TPSA) is 115 Å². The summed E-state index contributed by atoms with van der Waals surface area (Å²) >= 11 is 0. The molecular formula is C23H25N3O6. The van der Waals surface area contributed by atoms with E-state index >= 15 is 0 Å². The highest BCUT2D eigenvalue weighted by atomic mass is 16.6. The van der Waals surface area contributed by atoms with Crippen LogP contribution in [0.1, 0.15) is 25.5 Å². The van der Waals surface area contributed by atoms with Crippen LogP contribution in [0.25, 0.3) is 0 Å². The number of hydrogen-bond acceptors (Lipinski definition) is 6. The van der Waals surface area contributed by atoms with Gasteiger partial charge in [-0.2, -0.15) is 0 Å². The molecule has 3 amide bonds. The minimum atomic E-state index is -0.808. The Morgan fingerprint density at radius 1 is 1.06 bits per heavy atom. The van der Waals surface area contributed by atoms with E-state index in [-0.39, 0.29) is 13.2 Å². The van der Waals surface area contributed by atoms with E-state index in [9.17, 15) is 14.4 Å². The number of para-hydroxylation sites is 3. The molecule has 3 N–H and O–H groups in total. The van der Waals surface area contributed by atoms with Crippen molar-refractivity contribution in [1.29, 1.82) is 0 Å². The average molecular weight is 439 g/mol. The van der Waals surface area contributed by atoms with Crippen LogP contribution in [0.5, 0.6) is 11.5 Å². The number of ether oxygens (including phenoxy) is 3. The van der Waals surface area contributed by atoms with Gasteiger partial charge < -0.3 is 30.2 Å². The minimum absolute atomic E-state index is 0.239. The van der Waals surface area contributed by atoms with Gasteiger partial charge in [-0.15, -0.1) is 0 Å². The Morgan fingerprint density at radius 3 is 2.47 bits per heavy atom. The number of carbonyl (C=O) groups excluding carboxylic acids is 3. The Bertz CT molecular complexity index is 1050. The summed E-state index contributed by atoms with van der Waals surface area (Å²) in [6.07, 6.45) is 0. The first-order valence-electron chi connectivity index (χ1n) is 10.0. The maximum absolute atomic E-state index is 13.3. The lowest BCUT2D eigenvalue weighted by Gasteiger charge is -2.29. The van der Waals surface area contributed by atoms with Crippen molar-refractivity contribution in [2.24, 2.45) is 0 Å². The maximum Gasteiger partial charge on any atom is 0.344 e. The highest BCUT2D eigenvalue weighted by molar-refractivity contribution is 6.07. The van der Waals surface area contributed by atoms with Gasteiger partial charge in [0.15, 0.2) is 6.61 Å². The molecule has 1 atom stereocenters. The highest BCUT2D eigenvalue weighted by Gasteiger charge is 2.33. The number of anilines is 1. The first kappa shape index (κ1) is 22.7. The largest absolute Gasteiger partial charge is 0.495 e. The van der Waals surface area contributed by atoms with Crippen LogP contribution >= 0.6 is 0 Å². The molecule has 0 fully saturated rings. The lowest BCUT2D eigenvalue weighted by atomic mass is 9.94. The number of benzene rings is 2. The van der Waals surface area contributed by atoms with Crippen LogP contribution in [0.3, 0.4) is 0 Å². The van der Waals surface area contributed by atoms with Crippen LogP contribution in [0, 0.1) is 0 Å². The van der Waals surface area contributed by atoms with Crippen LogP contribution in [-0.4, -0.2) is 38.2 Å². The van der Waals surface area contributed by atoms with Gasteiger partial charge in [-0.1, -0.05) is 30.3 Å². The molecule has 2 aromatic carbocycles. The number of amides is 3. The van der Waals surface area contributed by atoms with Crippen molar-refractivity contribution in [3.8, 4) is 11.5 Å². The second kappa shape index (κ2) is 10.3. The van der Waals surface area contributed by atoms with Crippen LogP contribution in [0.15, 0.2) is 59.8 Å². The smallest absolute Gasteiger partial charge is 0.344 e. The van der Waals surface area contributed by atoms with Gasteiger partial charge in [0.1, 0.15) is 11.5 Å². The molecule has 1 heterocycles. The number of methoxy groups -OCH3 is 1. The number of allylic oxidation sites excluding steroid dienone is 1. The first-order chi connectivity index (χ1) is 15.4. The third-order valence-electron chi connectivity index (χ3n) is 4.75. The fourth-order valence-electron chi connectivity index (χ4n) is 3.36. The Morgan fingerprint density at radius 2 is 1.75 bits per heavy atom. The zero-order valence-electron chi connectivity index (χ0n) is 18.1. The summed E-state index contributed by atoms with van der Waals surface area (Å²) in [5, 5.41) is 8.23. The molecule has 0 radical (unpaired) electrons. The summed E-state index contributed by atoms with van der Waals surface area (Å²) in [5.74, 6) is -0.0908. The van der Waals surface area contributed by atoms with Crippen molar-refractivity contribution >= 4 is 23.6 Å².